The highest BCUT2D eigenvalue weighted by atomic mass is 19.1. The quantitative estimate of drug-likeness (QED) is 0.814. The van der Waals surface area contributed by atoms with Crippen molar-refractivity contribution >= 4 is 0 Å². The molecule has 1 aromatic rings. The van der Waals surface area contributed by atoms with Gasteiger partial charge in [-0.25, -0.2) is 4.39 Å². The van der Waals surface area contributed by atoms with Crippen molar-refractivity contribution in [2.45, 2.75) is 59.1 Å². The van der Waals surface area contributed by atoms with Gasteiger partial charge < -0.3 is 5.11 Å². The van der Waals surface area contributed by atoms with Gasteiger partial charge in [0.05, 0.1) is 5.54 Å². The summed E-state index contributed by atoms with van der Waals surface area (Å²) in [4.78, 5) is 2.25. The second-order valence-electron chi connectivity index (χ2n) is 5.41. The highest BCUT2D eigenvalue weighted by Crippen LogP contribution is 2.38. The van der Waals surface area contributed by atoms with Crippen molar-refractivity contribution in [3.63, 3.8) is 0 Å². The van der Waals surface area contributed by atoms with Crippen molar-refractivity contribution in [3.8, 4) is 0 Å². The molecule has 0 aliphatic rings. The number of likely N-dealkylation sites (N-methyl/N-ethyl adjacent to an activating group) is 1. The first-order valence-electron chi connectivity index (χ1n) is 7.65. The van der Waals surface area contributed by atoms with E-state index in [4.69, 9.17) is 0 Å². The van der Waals surface area contributed by atoms with E-state index < -0.39 is 11.6 Å². The maximum atomic E-state index is 14.1. The molecule has 0 amide bonds. The highest BCUT2D eigenvalue weighted by molar-refractivity contribution is 5.28. The van der Waals surface area contributed by atoms with Gasteiger partial charge in [-0.1, -0.05) is 45.4 Å². The minimum atomic E-state index is -0.808. The molecule has 0 radical (unpaired) electrons. The van der Waals surface area contributed by atoms with Gasteiger partial charge in [0.25, 0.3) is 0 Å². The summed E-state index contributed by atoms with van der Waals surface area (Å²) in [5.74, 6) is -0.318. The Bertz CT molecular complexity index is 425. The molecule has 1 unspecified atom stereocenters. The number of aliphatic hydroxyl groups excluding tert-OH is 1. The normalized spacial score (nSPS) is 13.8. The lowest BCUT2D eigenvalue weighted by Gasteiger charge is -2.46. The predicted octanol–water partition coefficient (Wildman–Crippen LogP) is 4.07. The van der Waals surface area contributed by atoms with Crippen molar-refractivity contribution in [2.75, 3.05) is 13.1 Å². The van der Waals surface area contributed by atoms with Gasteiger partial charge in [-0.3, -0.25) is 4.90 Å². The molecule has 0 fully saturated rings. The number of rotatable bonds is 7. The van der Waals surface area contributed by atoms with Crippen LogP contribution in [-0.2, 0) is 0 Å². The lowest BCUT2D eigenvalue weighted by atomic mass is 9.80. The summed E-state index contributed by atoms with van der Waals surface area (Å²) in [6, 6.07) is 4.96. The van der Waals surface area contributed by atoms with E-state index >= 15 is 0 Å². The van der Waals surface area contributed by atoms with E-state index in [2.05, 4.69) is 32.6 Å². The predicted molar refractivity (Wildman–Crippen MR) is 82.3 cm³/mol. The lowest BCUT2D eigenvalue weighted by molar-refractivity contribution is -0.0382. The van der Waals surface area contributed by atoms with Crippen molar-refractivity contribution in [1.82, 2.24) is 4.90 Å². The molecule has 0 spiro atoms. The average Bonchev–Trinajstić information content (AvgIpc) is 2.46. The zero-order valence-corrected chi connectivity index (χ0v) is 13.4. The summed E-state index contributed by atoms with van der Waals surface area (Å²) in [7, 11) is 0. The largest absolute Gasteiger partial charge is 0.386 e. The Morgan fingerprint density at radius 2 is 1.70 bits per heavy atom. The van der Waals surface area contributed by atoms with E-state index in [-0.39, 0.29) is 5.82 Å². The molecule has 0 saturated heterocycles. The first kappa shape index (κ1) is 17.1. The van der Waals surface area contributed by atoms with Crippen LogP contribution in [-0.4, -0.2) is 28.6 Å². The van der Waals surface area contributed by atoms with E-state index in [0.29, 0.717) is 5.56 Å². The van der Waals surface area contributed by atoms with E-state index in [0.717, 1.165) is 31.5 Å². The molecule has 1 N–H and O–H groups in total. The van der Waals surface area contributed by atoms with Gasteiger partial charge in [0.1, 0.15) is 11.9 Å². The van der Waals surface area contributed by atoms with Crippen molar-refractivity contribution in [2.24, 2.45) is 0 Å². The van der Waals surface area contributed by atoms with Crippen molar-refractivity contribution in [3.05, 3.63) is 35.1 Å². The zero-order valence-electron chi connectivity index (χ0n) is 13.4. The number of nitrogens with zero attached hydrogens (tertiary/aromatic N) is 1. The molecule has 20 heavy (non-hydrogen) atoms. The van der Waals surface area contributed by atoms with Crippen molar-refractivity contribution in [1.29, 1.82) is 0 Å². The Hall–Kier alpha value is -0.930. The van der Waals surface area contributed by atoms with Gasteiger partial charge in [0.15, 0.2) is 0 Å². The fraction of sp³-hybridized carbons (Fsp3) is 0.647. The summed E-state index contributed by atoms with van der Waals surface area (Å²) < 4.78 is 14.1. The van der Waals surface area contributed by atoms with Crippen LogP contribution < -0.4 is 0 Å². The van der Waals surface area contributed by atoms with Gasteiger partial charge in [-0.05, 0) is 38.9 Å². The summed E-state index contributed by atoms with van der Waals surface area (Å²) >= 11 is 0. The lowest BCUT2D eigenvalue weighted by Crippen LogP contribution is -2.52. The van der Waals surface area contributed by atoms with Gasteiger partial charge in [0.2, 0.25) is 0 Å². The minimum absolute atomic E-state index is 0.318. The molecular formula is C17H28FNO. The van der Waals surface area contributed by atoms with Crippen molar-refractivity contribution < 1.29 is 9.50 Å². The number of benzene rings is 1. The summed E-state index contributed by atoms with van der Waals surface area (Å²) in [5.41, 5.74) is 0.986. The summed E-state index contributed by atoms with van der Waals surface area (Å²) in [6.07, 6.45) is 0.775. The van der Waals surface area contributed by atoms with E-state index in [1.807, 2.05) is 6.92 Å². The third-order valence-corrected chi connectivity index (χ3v) is 4.57. The van der Waals surface area contributed by atoms with Crippen LogP contribution in [0.3, 0.4) is 0 Å². The first-order chi connectivity index (χ1) is 9.46. The highest BCUT2D eigenvalue weighted by Gasteiger charge is 2.40. The number of hydrogen-bond acceptors (Lipinski definition) is 2. The fourth-order valence-electron chi connectivity index (χ4n) is 3.27. The third-order valence-electron chi connectivity index (χ3n) is 4.57. The van der Waals surface area contributed by atoms with Crippen LogP contribution in [0.5, 0.6) is 0 Å². The number of hydrogen-bond donors (Lipinski definition) is 1. The van der Waals surface area contributed by atoms with Crippen LogP contribution in [0.1, 0.15) is 57.8 Å². The molecular weight excluding hydrogens is 253 g/mol. The van der Waals surface area contributed by atoms with Gasteiger partial charge in [0, 0.05) is 5.56 Å². The molecule has 2 nitrogen and oxygen atoms in total. The van der Waals surface area contributed by atoms with Crippen LogP contribution in [0.4, 0.5) is 4.39 Å². The molecule has 0 aliphatic heterocycles. The molecule has 114 valence electrons. The summed E-state index contributed by atoms with van der Waals surface area (Å²) in [5, 5.41) is 10.9. The van der Waals surface area contributed by atoms with Crippen LogP contribution in [0.15, 0.2) is 18.2 Å². The second-order valence-corrected chi connectivity index (χ2v) is 5.41. The Balaban J connectivity index is 3.29. The maximum Gasteiger partial charge on any atom is 0.129 e. The molecule has 0 bridgehead atoms. The van der Waals surface area contributed by atoms with E-state index in [9.17, 15) is 9.50 Å². The molecule has 0 saturated carbocycles. The van der Waals surface area contributed by atoms with Gasteiger partial charge in [-0.2, -0.15) is 0 Å². The standard InChI is InChI=1S/C17H28FNO/c1-6-17(7-2,19(8-3)9-4)16(20)14-12-13(5)10-11-15(14)18/h10-12,16,20H,6-9H2,1-5H3. The minimum Gasteiger partial charge on any atom is -0.386 e. The first-order valence-corrected chi connectivity index (χ1v) is 7.65. The molecule has 1 aromatic carbocycles. The SMILES string of the molecule is CCN(CC)C(CC)(CC)C(O)c1cc(C)ccc1F. The second kappa shape index (κ2) is 7.19. The molecule has 3 heteroatoms. The molecule has 0 aromatic heterocycles. The number of halogens is 1. The average molecular weight is 281 g/mol. The Kier molecular flexibility index (Phi) is 6.15. The Labute approximate surface area is 122 Å². The van der Waals surface area contributed by atoms with Gasteiger partial charge in [-0.15, -0.1) is 0 Å². The molecule has 1 rings (SSSR count). The third kappa shape index (κ3) is 3.04. The fourth-order valence-corrected chi connectivity index (χ4v) is 3.27. The molecule has 0 heterocycles. The van der Waals surface area contributed by atoms with Crippen LogP contribution >= 0.6 is 0 Å². The Morgan fingerprint density at radius 1 is 1.15 bits per heavy atom. The molecule has 1 atom stereocenters. The molecule has 0 aliphatic carbocycles. The zero-order chi connectivity index (χ0) is 15.3. The summed E-state index contributed by atoms with van der Waals surface area (Å²) in [6.45, 7) is 11.9. The number of aliphatic hydroxyl groups is 1. The topological polar surface area (TPSA) is 23.5 Å². The Morgan fingerprint density at radius 3 is 2.15 bits per heavy atom. The van der Waals surface area contributed by atoms with Crippen LogP contribution in [0.2, 0.25) is 0 Å². The smallest absolute Gasteiger partial charge is 0.129 e. The maximum absolute atomic E-state index is 14.1. The monoisotopic (exact) mass is 281 g/mol. The number of aryl methyl sites for hydroxylation is 1. The van der Waals surface area contributed by atoms with E-state index in [1.54, 1.807) is 12.1 Å². The van der Waals surface area contributed by atoms with Gasteiger partial charge >= 0.3 is 0 Å². The van der Waals surface area contributed by atoms with Crippen LogP contribution in [0, 0.1) is 12.7 Å². The van der Waals surface area contributed by atoms with E-state index in [1.165, 1.54) is 6.07 Å². The van der Waals surface area contributed by atoms with Crippen LogP contribution in [0.25, 0.3) is 0 Å².